The van der Waals surface area contributed by atoms with Crippen LogP contribution in [0, 0.1) is 0 Å². The minimum atomic E-state index is -6.51. The van der Waals surface area contributed by atoms with Crippen molar-refractivity contribution in [2.24, 2.45) is 0 Å². The Balaban J connectivity index is 1.75. The Kier molecular flexibility index (Phi) is 10.2. The summed E-state index contributed by atoms with van der Waals surface area (Å²) >= 11 is -6.51. The third-order valence-corrected chi connectivity index (χ3v) is 17.5. The van der Waals surface area contributed by atoms with Crippen LogP contribution in [0.15, 0.2) is 164 Å². The molecule has 0 saturated heterocycles. The second kappa shape index (κ2) is 14.2. The van der Waals surface area contributed by atoms with Crippen LogP contribution in [0.3, 0.4) is 0 Å². The van der Waals surface area contributed by atoms with Crippen LogP contribution >= 0.6 is 0 Å². The Morgan fingerprint density at radius 3 is 1.12 bits per heavy atom. The average molecular weight is 725 g/mol. The first-order valence-electron chi connectivity index (χ1n) is 18.4. The predicted octanol–water partition coefficient (Wildman–Crippen LogP) is 11.0. The summed E-state index contributed by atoms with van der Waals surface area (Å²) in [7, 11) is 0. The molecule has 0 bridgehead atoms. The first-order valence-corrected chi connectivity index (χ1v) is 21.9. The van der Waals surface area contributed by atoms with Crippen molar-refractivity contribution in [3.8, 4) is 5.75 Å². The van der Waals surface area contributed by atoms with Crippen LogP contribution < -0.4 is 11.1 Å². The summed E-state index contributed by atoms with van der Waals surface area (Å²) in [6.07, 6.45) is -0.440. The third-order valence-electron chi connectivity index (χ3n) is 10.9. The molecule has 3 nitrogen and oxygen atoms in total. The van der Waals surface area contributed by atoms with E-state index in [0.29, 0.717) is 13.5 Å². The topological polar surface area (TPSA) is 35.5 Å². The summed E-state index contributed by atoms with van der Waals surface area (Å²) in [4.78, 5) is 0. The fourth-order valence-corrected chi connectivity index (χ4v) is 15.3. The molecule has 0 unspecified atom stereocenters. The maximum atomic E-state index is 17.8. The van der Waals surface area contributed by atoms with Gasteiger partial charge in [0.2, 0.25) is 0 Å². The van der Waals surface area contributed by atoms with Crippen LogP contribution in [0.2, 0.25) is 0 Å². The van der Waals surface area contributed by atoms with E-state index in [1.54, 1.807) is 0 Å². The zero-order valence-electron chi connectivity index (χ0n) is 31.9. The van der Waals surface area contributed by atoms with Crippen LogP contribution in [0.1, 0.15) is 88.8 Å². The summed E-state index contributed by atoms with van der Waals surface area (Å²) < 4.78 is 33.8. The van der Waals surface area contributed by atoms with E-state index in [4.69, 9.17) is 6.64 Å². The summed E-state index contributed by atoms with van der Waals surface area (Å²) in [6.45, 7) is 17.1. The Morgan fingerprint density at radius 2 is 0.731 bits per heavy atom. The van der Waals surface area contributed by atoms with Crippen LogP contribution in [-0.2, 0) is 38.9 Å². The van der Waals surface area contributed by atoms with Gasteiger partial charge in [-0.25, -0.2) is 0 Å². The van der Waals surface area contributed by atoms with Crippen molar-refractivity contribution in [2.45, 2.75) is 77.7 Å². The fourth-order valence-electron chi connectivity index (χ4n) is 7.95. The Bertz CT molecular complexity index is 2100. The Labute approximate surface area is 312 Å². The molecule has 0 spiro atoms. The van der Waals surface area contributed by atoms with Gasteiger partial charge in [-0.3, -0.25) is 0 Å². The molecule has 0 saturated carbocycles. The average Bonchev–Trinajstić information content (AvgIpc) is 3.16. The Hall–Kier alpha value is -4.41. The molecule has 0 aliphatic heterocycles. The molecule has 6 aromatic carbocycles. The summed E-state index contributed by atoms with van der Waals surface area (Å²) in [5.41, 5.74) is 4.50. The molecule has 0 radical (unpaired) electrons. The molecule has 0 amide bonds. The van der Waals surface area contributed by atoms with Gasteiger partial charge >= 0.3 is 314 Å². The van der Waals surface area contributed by atoms with Gasteiger partial charge in [0, 0.05) is 0 Å². The summed E-state index contributed by atoms with van der Waals surface area (Å²) in [5.74, 6) is 0.545. The Morgan fingerprint density at radius 1 is 0.423 bits per heavy atom. The molecule has 0 aromatic heterocycles. The zero-order chi connectivity index (χ0) is 37.2. The van der Waals surface area contributed by atoms with Crippen molar-refractivity contribution in [3.63, 3.8) is 0 Å². The molecule has 0 heterocycles. The normalized spacial score (nSPS) is 12.9. The van der Waals surface area contributed by atoms with Gasteiger partial charge in [-0.05, 0) is 0 Å². The quantitative estimate of drug-likeness (QED) is 0.118. The fraction of sp³-hybridized carbons (Fsp3) is 0.250. The van der Waals surface area contributed by atoms with Crippen LogP contribution in [0.4, 0.5) is 0 Å². The van der Waals surface area contributed by atoms with E-state index in [-0.39, 0.29) is 0 Å². The molecular formula is C48H52O3Ti. The van der Waals surface area contributed by atoms with Gasteiger partial charge in [-0.15, -0.1) is 0 Å². The molecule has 0 atom stereocenters. The van der Waals surface area contributed by atoms with Crippen LogP contribution in [0.25, 0.3) is 0 Å². The number of hydrogen-bond acceptors (Lipinski definition) is 3. The van der Waals surface area contributed by atoms with Crippen molar-refractivity contribution < 1.29 is 26.0 Å². The molecule has 0 aliphatic rings. The van der Waals surface area contributed by atoms with Gasteiger partial charge in [0.05, 0.1) is 0 Å². The van der Waals surface area contributed by atoms with Gasteiger partial charge in [0.25, 0.3) is 0 Å². The van der Waals surface area contributed by atoms with E-state index in [0.717, 1.165) is 33.4 Å². The van der Waals surface area contributed by atoms with Gasteiger partial charge in [0.15, 0.2) is 0 Å². The third kappa shape index (κ3) is 6.67. The number of rotatable bonds is 12. The van der Waals surface area contributed by atoms with Gasteiger partial charge in [-0.1, -0.05) is 0 Å². The molecule has 0 fully saturated rings. The summed E-state index contributed by atoms with van der Waals surface area (Å²) in [6, 6.07) is 55.5. The molecule has 6 rings (SSSR count). The van der Waals surface area contributed by atoms with E-state index >= 15 is 3.32 Å². The van der Waals surface area contributed by atoms with Crippen molar-refractivity contribution in [3.05, 3.63) is 197 Å². The first-order chi connectivity index (χ1) is 24.7. The maximum absolute atomic E-state index is 17.8. The molecule has 52 heavy (non-hydrogen) atoms. The molecule has 0 aliphatic carbocycles. The molecule has 6 aromatic rings. The van der Waals surface area contributed by atoms with E-state index in [1.165, 1.54) is 0 Å². The summed E-state index contributed by atoms with van der Waals surface area (Å²) in [5, 5.41) is 0. The second-order valence-corrected chi connectivity index (χ2v) is 21.3. The van der Waals surface area contributed by atoms with E-state index in [9.17, 15) is 0 Å². The van der Waals surface area contributed by atoms with Gasteiger partial charge in [-0.2, -0.15) is 0 Å². The van der Waals surface area contributed by atoms with E-state index in [2.05, 4.69) is 133 Å². The van der Waals surface area contributed by atoms with Crippen molar-refractivity contribution in [1.29, 1.82) is 0 Å². The van der Waals surface area contributed by atoms with Crippen molar-refractivity contribution in [1.82, 2.24) is 0 Å². The SMILES string of the molecule is CC(C)[O][Ti](=[O])([O]c1ccccc1C(C)(C)c1ccccc1)([c]1ccccc1C(C)(C)c1ccccc1)[c]1ccccc1C(C)(C)c1ccccc1. The molecule has 0 N–H and O–H groups in total. The van der Waals surface area contributed by atoms with E-state index in [1.807, 2.05) is 86.6 Å². The zero-order valence-corrected chi connectivity index (χ0v) is 33.5. The number of hydrogen-bond donors (Lipinski definition) is 0. The standard InChI is InChI=1S/C15H16O.2C15H15.C3H7O.O.Ti/c1-15(2,12-8-4-3-5-9-12)13-10-6-7-11-14(13)16;2*1-15(2,13-9-5-3-6-10-13)14-11-7-4-8-12-14;1-3(2)4;;/h3-11,16H,1-2H3;2*3-11H,1-2H3;3H,1-2H3;;/q;;;-1;;+2/p-1. The monoisotopic (exact) mass is 724 g/mol. The van der Waals surface area contributed by atoms with Crippen molar-refractivity contribution >= 4 is 7.74 Å². The molecular weight excluding hydrogens is 672 g/mol. The predicted molar refractivity (Wildman–Crippen MR) is 212 cm³/mol. The number of para-hydroxylation sites is 1. The minimum absolute atomic E-state index is 0.440. The van der Waals surface area contributed by atoms with Crippen LogP contribution in [-0.4, -0.2) is 6.10 Å². The first kappa shape index (κ1) is 37.4. The number of benzene rings is 6. The molecule has 4 heteroatoms. The van der Waals surface area contributed by atoms with Gasteiger partial charge < -0.3 is 0 Å². The molecule has 266 valence electrons. The van der Waals surface area contributed by atoms with Crippen LogP contribution in [0.5, 0.6) is 5.75 Å². The second-order valence-electron chi connectivity index (χ2n) is 15.8. The van der Waals surface area contributed by atoms with E-state index < -0.39 is 38.4 Å². The van der Waals surface area contributed by atoms with Crippen molar-refractivity contribution in [2.75, 3.05) is 0 Å². The van der Waals surface area contributed by atoms with Gasteiger partial charge in [0.1, 0.15) is 0 Å².